The lowest BCUT2D eigenvalue weighted by Crippen LogP contribution is -2.30. The predicted molar refractivity (Wildman–Crippen MR) is 186 cm³/mol. The number of ether oxygens (including phenoxy) is 1. The molecule has 2 atom stereocenters. The van der Waals surface area contributed by atoms with Crippen molar-refractivity contribution in [3.05, 3.63) is 156 Å². The third kappa shape index (κ3) is 5.97. The second-order valence-corrected chi connectivity index (χ2v) is 11.7. The average molecular weight is 589 g/mol. The fourth-order valence-corrected chi connectivity index (χ4v) is 6.51. The van der Waals surface area contributed by atoms with Crippen LogP contribution in [0.5, 0.6) is 11.5 Å². The fourth-order valence-electron chi connectivity index (χ4n) is 6.51. The summed E-state index contributed by atoms with van der Waals surface area (Å²) in [4.78, 5) is 11.0. The van der Waals surface area contributed by atoms with E-state index in [1.54, 1.807) is 13.2 Å². The summed E-state index contributed by atoms with van der Waals surface area (Å²) in [7, 11) is 1.72. The van der Waals surface area contributed by atoms with Gasteiger partial charge in [0.2, 0.25) is 0 Å². The van der Waals surface area contributed by atoms with Gasteiger partial charge in [0.15, 0.2) is 0 Å². The molecule has 0 unspecified atom stereocenters. The molecule has 0 amide bonds. The largest absolute Gasteiger partial charge is 0.507 e. The minimum atomic E-state index is -0.0509. The molecule has 1 aliphatic rings. The Hall–Kier alpha value is -5.22. The Balaban J connectivity index is 1.38. The first-order valence-corrected chi connectivity index (χ1v) is 15.7. The number of para-hydroxylation sites is 2. The molecule has 1 saturated carbocycles. The molecule has 0 bridgehead atoms. The number of fused-ring (bicyclic) bond motifs is 2. The first-order valence-electron chi connectivity index (χ1n) is 15.7. The summed E-state index contributed by atoms with van der Waals surface area (Å²) in [6, 6.07) is 45.3. The molecular formula is C41H36N2O2. The summed E-state index contributed by atoms with van der Waals surface area (Å²) in [5.41, 5.74) is 5.47. The van der Waals surface area contributed by atoms with Gasteiger partial charge in [0.25, 0.3) is 0 Å². The van der Waals surface area contributed by atoms with E-state index >= 15 is 0 Å². The van der Waals surface area contributed by atoms with Crippen molar-refractivity contribution < 1.29 is 9.84 Å². The number of hydrogen-bond acceptors (Lipinski definition) is 4. The van der Waals surface area contributed by atoms with Gasteiger partial charge >= 0.3 is 0 Å². The molecule has 1 N–H and O–H groups in total. The highest BCUT2D eigenvalue weighted by Gasteiger charge is 2.27. The van der Waals surface area contributed by atoms with Crippen molar-refractivity contribution in [3.8, 4) is 11.5 Å². The first kappa shape index (κ1) is 28.5. The van der Waals surface area contributed by atoms with E-state index in [9.17, 15) is 5.11 Å². The Morgan fingerprint density at radius 1 is 0.556 bits per heavy atom. The van der Waals surface area contributed by atoms with Gasteiger partial charge in [0.05, 0.1) is 30.6 Å². The maximum absolute atomic E-state index is 11.0. The third-order valence-electron chi connectivity index (χ3n) is 8.85. The first-order chi connectivity index (χ1) is 22.2. The van der Waals surface area contributed by atoms with Crippen LogP contribution >= 0.6 is 0 Å². The molecule has 6 aromatic rings. The quantitative estimate of drug-likeness (QED) is 0.189. The number of phenols is 1. The number of benzene rings is 6. The van der Waals surface area contributed by atoms with Crippen LogP contribution in [-0.4, -0.2) is 35.7 Å². The van der Waals surface area contributed by atoms with Gasteiger partial charge in [0.1, 0.15) is 11.5 Å². The van der Waals surface area contributed by atoms with Crippen LogP contribution in [0.25, 0.3) is 21.5 Å². The Labute approximate surface area is 264 Å². The van der Waals surface area contributed by atoms with E-state index < -0.39 is 0 Å². The van der Waals surface area contributed by atoms with E-state index in [2.05, 4.69) is 91.0 Å². The summed E-state index contributed by atoms with van der Waals surface area (Å²) in [5.74, 6) is 1.03. The van der Waals surface area contributed by atoms with Crippen LogP contribution in [0, 0.1) is 0 Å². The zero-order chi connectivity index (χ0) is 30.6. The van der Waals surface area contributed by atoms with Gasteiger partial charge < -0.3 is 9.84 Å². The number of aliphatic imine (C=N–C) groups is 2. The van der Waals surface area contributed by atoms with Crippen molar-refractivity contribution in [2.75, 3.05) is 7.11 Å². The number of methoxy groups -OCH3 is 1. The maximum atomic E-state index is 11.0. The maximum Gasteiger partial charge on any atom is 0.128 e. The van der Waals surface area contributed by atoms with Crippen LogP contribution in [0.2, 0.25) is 0 Å². The van der Waals surface area contributed by atoms with Crippen LogP contribution in [0.1, 0.15) is 47.9 Å². The average Bonchev–Trinajstić information content (AvgIpc) is 3.10. The molecule has 7 rings (SSSR count). The molecule has 1 aliphatic carbocycles. The molecule has 0 radical (unpaired) electrons. The summed E-state index contributed by atoms with van der Waals surface area (Å²) in [5, 5.41) is 15.7. The SMILES string of the molecule is COc1ccccc1C(=N[C@@H]1CCCC[C@H]1N=C(c1ccc2ccccc2c1)c1ccccc1O)c1ccc2ccccc2c1. The molecule has 0 aliphatic heterocycles. The van der Waals surface area contributed by atoms with Crippen molar-refractivity contribution in [2.45, 2.75) is 37.8 Å². The van der Waals surface area contributed by atoms with Crippen molar-refractivity contribution in [1.82, 2.24) is 0 Å². The normalized spacial score (nSPS) is 17.4. The predicted octanol–water partition coefficient (Wildman–Crippen LogP) is 9.39. The monoisotopic (exact) mass is 588 g/mol. The van der Waals surface area contributed by atoms with E-state index in [4.69, 9.17) is 14.7 Å². The zero-order valence-electron chi connectivity index (χ0n) is 25.4. The van der Waals surface area contributed by atoms with Gasteiger partial charge in [-0.3, -0.25) is 9.98 Å². The number of aromatic hydroxyl groups is 1. The summed E-state index contributed by atoms with van der Waals surface area (Å²) in [6.45, 7) is 0. The molecule has 6 aromatic carbocycles. The second-order valence-electron chi connectivity index (χ2n) is 11.7. The van der Waals surface area contributed by atoms with Gasteiger partial charge in [-0.15, -0.1) is 0 Å². The molecule has 0 saturated heterocycles. The molecular weight excluding hydrogens is 552 g/mol. The number of hydrogen-bond donors (Lipinski definition) is 1. The van der Waals surface area contributed by atoms with Crippen LogP contribution in [-0.2, 0) is 0 Å². The zero-order valence-corrected chi connectivity index (χ0v) is 25.4. The van der Waals surface area contributed by atoms with Gasteiger partial charge in [-0.05, 0) is 70.8 Å². The van der Waals surface area contributed by atoms with Crippen molar-refractivity contribution in [3.63, 3.8) is 0 Å². The van der Waals surface area contributed by atoms with Crippen LogP contribution in [0.4, 0.5) is 0 Å². The van der Waals surface area contributed by atoms with E-state index in [1.807, 2.05) is 36.4 Å². The Morgan fingerprint density at radius 2 is 1.02 bits per heavy atom. The highest BCUT2D eigenvalue weighted by atomic mass is 16.5. The molecule has 1 fully saturated rings. The molecule has 45 heavy (non-hydrogen) atoms. The summed E-state index contributed by atoms with van der Waals surface area (Å²) >= 11 is 0. The van der Waals surface area contributed by atoms with Gasteiger partial charge in [-0.25, -0.2) is 0 Å². The van der Waals surface area contributed by atoms with E-state index in [0.29, 0.717) is 0 Å². The summed E-state index contributed by atoms with van der Waals surface area (Å²) < 4.78 is 5.84. The topological polar surface area (TPSA) is 54.2 Å². The number of nitrogens with zero attached hydrogens (tertiary/aromatic N) is 2. The fraction of sp³-hybridized carbons (Fsp3) is 0.171. The Kier molecular flexibility index (Phi) is 8.11. The van der Waals surface area contributed by atoms with Crippen LogP contribution in [0.3, 0.4) is 0 Å². The molecule has 4 heteroatoms. The summed E-state index contributed by atoms with van der Waals surface area (Å²) in [6.07, 6.45) is 4.05. The van der Waals surface area contributed by atoms with Crippen molar-refractivity contribution in [1.29, 1.82) is 0 Å². The Bertz CT molecular complexity index is 2040. The third-order valence-corrected chi connectivity index (χ3v) is 8.85. The van der Waals surface area contributed by atoms with Gasteiger partial charge in [-0.1, -0.05) is 110 Å². The van der Waals surface area contributed by atoms with E-state index in [0.717, 1.165) is 70.5 Å². The minimum absolute atomic E-state index is 0.0357. The van der Waals surface area contributed by atoms with E-state index in [1.165, 1.54) is 16.2 Å². The lowest BCUT2D eigenvalue weighted by molar-refractivity contribution is 0.388. The molecule has 0 heterocycles. The Morgan fingerprint density at radius 3 is 1.58 bits per heavy atom. The molecule has 4 nitrogen and oxygen atoms in total. The lowest BCUT2D eigenvalue weighted by atomic mass is 9.89. The second kappa shape index (κ2) is 12.8. The molecule has 222 valence electrons. The van der Waals surface area contributed by atoms with E-state index in [-0.39, 0.29) is 17.8 Å². The standard InChI is InChI=1S/C41H36N2O2/c1-45-39-21-11-7-17-35(39)41(33-25-23-29-13-3-5-15-31(29)27-33)43-37-19-9-8-18-36(37)42-40(34-16-6-10-20-38(34)44)32-24-22-28-12-2-4-14-30(28)26-32/h2-7,10-17,20-27,36-37,44H,8-9,18-19H2,1H3/t36-,37-/m1/s1. The number of phenolic OH excluding ortho intramolecular Hbond substituents is 1. The highest BCUT2D eigenvalue weighted by Crippen LogP contribution is 2.31. The minimum Gasteiger partial charge on any atom is -0.507 e. The number of rotatable bonds is 7. The molecule has 0 spiro atoms. The molecule has 0 aromatic heterocycles. The smallest absolute Gasteiger partial charge is 0.128 e. The van der Waals surface area contributed by atoms with Crippen molar-refractivity contribution in [2.24, 2.45) is 9.98 Å². The van der Waals surface area contributed by atoms with Crippen molar-refractivity contribution >= 4 is 33.0 Å². The van der Waals surface area contributed by atoms with Crippen LogP contribution < -0.4 is 4.74 Å². The van der Waals surface area contributed by atoms with Gasteiger partial charge in [0, 0.05) is 22.3 Å². The lowest BCUT2D eigenvalue weighted by Gasteiger charge is -2.28. The van der Waals surface area contributed by atoms with Gasteiger partial charge in [-0.2, -0.15) is 0 Å². The van der Waals surface area contributed by atoms with Crippen LogP contribution in [0.15, 0.2) is 143 Å². The highest BCUT2D eigenvalue weighted by molar-refractivity contribution is 6.17.